The van der Waals surface area contributed by atoms with Crippen LogP contribution in [0.1, 0.15) is 42.5 Å². The first-order valence-electron chi connectivity index (χ1n) is 12.0. The van der Waals surface area contributed by atoms with Crippen molar-refractivity contribution in [3.63, 3.8) is 0 Å². The Balaban J connectivity index is 1.31. The molecule has 1 amide bonds. The molecule has 2 aromatic heterocycles. The highest BCUT2D eigenvalue weighted by atomic mass is 32.1. The molecule has 3 aromatic rings. The highest BCUT2D eigenvalue weighted by molar-refractivity contribution is 7.71. The van der Waals surface area contributed by atoms with Gasteiger partial charge in [-0.1, -0.05) is 17.7 Å². The molecule has 8 heteroatoms. The van der Waals surface area contributed by atoms with Gasteiger partial charge in [-0.25, -0.2) is 4.98 Å². The summed E-state index contributed by atoms with van der Waals surface area (Å²) in [5, 5.41) is 0.558. The Morgan fingerprint density at radius 2 is 1.94 bits per heavy atom. The Labute approximate surface area is 203 Å². The van der Waals surface area contributed by atoms with Crippen LogP contribution in [0.2, 0.25) is 0 Å². The number of piperazine rings is 1. The summed E-state index contributed by atoms with van der Waals surface area (Å²) in [6.07, 6.45) is 9.65. The molecule has 1 N–H and O–H groups in total. The molecule has 0 radical (unpaired) electrons. The Hall–Kier alpha value is -3.26. The summed E-state index contributed by atoms with van der Waals surface area (Å²) in [6.45, 7) is 3.30. The van der Waals surface area contributed by atoms with Crippen LogP contribution < -0.4 is 10.5 Å². The van der Waals surface area contributed by atoms with Gasteiger partial charge in [-0.15, -0.1) is 0 Å². The Morgan fingerprint density at radius 1 is 1.09 bits per heavy atom. The summed E-state index contributed by atoms with van der Waals surface area (Å²) < 4.78 is 2.05. The smallest absolute Gasteiger partial charge is 0.262 e. The van der Waals surface area contributed by atoms with Crippen LogP contribution in [0.15, 0.2) is 59.0 Å². The van der Waals surface area contributed by atoms with E-state index in [1.54, 1.807) is 29.0 Å². The number of amides is 1. The van der Waals surface area contributed by atoms with Crippen molar-refractivity contribution in [1.29, 1.82) is 0 Å². The van der Waals surface area contributed by atoms with Crippen LogP contribution in [0.5, 0.6) is 0 Å². The molecule has 7 nitrogen and oxygen atoms in total. The summed E-state index contributed by atoms with van der Waals surface area (Å²) >= 11 is 5.51. The monoisotopic (exact) mass is 475 g/mol. The Kier molecular flexibility index (Phi) is 6.58. The third-order valence-corrected chi connectivity index (χ3v) is 7.13. The lowest BCUT2D eigenvalue weighted by atomic mass is 9.97. The van der Waals surface area contributed by atoms with E-state index in [1.165, 1.54) is 18.4 Å². The maximum Gasteiger partial charge on any atom is 0.262 e. The van der Waals surface area contributed by atoms with Crippen LogP contribution in [0.25, 0.3) is 10.9 Å². The number of carbonyl (C=O) groups excluding carboxylic acids is 1. The van der Waals surface area contributed by atoms with Gasteiger partial charge in [0, 0.05) is 44.5 Å². The van der Waals surface area contributed by atoms with E-state index in [-0.39, 0.29) is 11.5 Å². The van der Waals surface area contributed by atoms with Gasteiger partial charge in [0.1, 0.15) is 5.82 Å². The van der Waals surface area contributed by atoms with Crippen LogP contribution in [-0.4, -0.2) is 51.5 Å². The van der Waals surface area contributed by atoms with Gasteiger partial charge in [0.15, 0.2) is 4.77 Å². The first-order valence-corrected chi connectivity index (χ1v) is 12.4. The van der Waals surface area contributed by atoms with Gasteiger partial charge in [0.05, 0.1) is 10.9 Å². The lowest BCUT2D eigenvalue weighted by molar-refractivity contribution is 0.0746. The van der Waals surface area contributed by atoms with Crippen molar-refractivity contribution in [1.82, 2.24) is 19.4 Å². The normalized spacial score (nSPS) is 16.5. The molecule has 3 heterocycles. The molecule has 1 saturated heterocycles. The number of carbonyl (C=O) groups is 1. The Morgan fingerprint density at radius 3 is 2.68 bits per heavy atom. The SMILES string of the molecule is O=C(c1ccc2c(=O)n(CCC3=CCCCC3)c(=S)[nH]c2c1)N1CCN(c2ccccn2)CC1. The van der Waals surface area contributed by atoms with Crippen molar-refractivity contribution in [2.45, 2.75) is 38.6 Å². The van der Waals surface area contributed by atoms with E-state index in [9.17, 15) is 9.59 Å². The minimum absolute atomic E-state index is 0.0321. The number of hydrogen-bond donors (Lipinski definition) is 1. The van der Waals surface area contributed by atoms with Gasteiger partial charge in [-0.2, -0.15) is 0 Å². The van der Waals surface area contributed by atoms with Crippen molar-refractivity contribution in [3.05, 3.63) is 74.9 Å². The van der Waals surface area contributed by atoms with Gasteiger partial charge in [-0.3, -0.25) is 14.2 Å². The molecular formula is C26H29N5O2S. The van der Waals surface area contributed by atoms with Crippen molar-refractivity contribution in [3.8, 4) is 0 Å². The van der Waals surface area contributed by atoms with E-state index in [2.05, 4.69) is 20.9 Å². The molecule has 0 spiro atoms. The summed E-state index contributed by atoms with van der Waals surface area (Å²) in [7, 11) is 0. The maximum atomic E-state index is 13.2. The number of allylic oxidation sites excluding steroid dienone is 2. The van der Waals surface area contributed by atoms with E-state index in [1.807, 2.05) is 23.1 Å². The fourth-order valence-corrected chi connectivity index (χ4v) is 5.12. The molecule has 0 saturated carbocycles. The average molecular weight is 476 g/mol. The predicted octanol–water partition coefficient (Wildman–Crippen LogP) is 4.31. The molecule has 34 heavy (non-hydrogen) atoms. The zero-order valence-corrected chi connectivity index (χ0v) is 20.0. The summed E-state index contributed by atoms with van der Waals surface area (Å²) in [6, 6.07) is 11.1. The minimum Gasteiger partial charge on any atom is -0.353 e. The quantitative estimate of drug-likeness (QED) is 0.440. The lowest BCUT2D eigenvalue weighted by Crippen LogP contribution is -2.49. The Bertz CT molecular complexity index is 1340. The standard InChI is InChI=1S/C26H29N5O2S/c32-24(30-16-14-29(15-17-30)23-8-4-5-12-27-23)20-9-10-21-22(18-20)28-26(34)31(25(21)33)13-11-19-6-2-1-3-7-19/h4-6,8-10,12,18H,1-3,7,11,13-17H2,(H,28,34). The van der Waals surface area contributed by atoms with Crippen molar-refractivity contribution >= 4 is 34.8 Å². The largest absolute Gasteiger partial charge is 0.353 e. The second kappa shape index (κ2) is 9.93. The minimum atomic E-state index is -0.0990. The van der Waals surface area contributed by atoms with Gasteiger partial charge < -0.3 is 14.8 Å². The van der Waals surface area contributed by atoms with Crippen molar-refractivity contribution < 1.29 is 4.79 Å². The molecule has 1 aliphatic carbocycles. The number of hydrogen-bond acceptors (Lipinski definition) is 5. The number of pyridine rings is 1. The van der Waals surface area contributed by atoms with E-state index in [0.717, 1.165) is 38.2 Å². The topological polar surface area (TPSA) is 74.2 Å². The van der Waals surface area contributed by atoms with Crippen LogP contribution in [0.3, 0.4) is 0 Å². The highest BCUT2D eigenvalue weighted by Crippen LogP contribution is 2.21. The molecule has 1 fully saturated rings. The van der Waals surface area contributed by atoms with E-state index >= 15 is 0 Å². The second-order valence-corrected chi connectivity index (χ2v) is 9.36. The van der Waals surface area contributed by atoms with Crippen LogP contribution in [0, 0.1) is 4.77 Å². The van der Waals surface area contributed by atoms with E-state index in [4.69, 9.17) is 12.2 Å². The van der Waals surface area contributed by atoms with Gasteiger partial charge in [-0.05, 0) is 74.7 Å². The van der Waals surface area contributed by atoms with Crippen molar-refractivity contribution in [2.24, 2.45) is 0 Å². The average Bonchev–Trinajstić information content (AvgIpc) is 2.89. The van der Waals surface area contributed by atoms with E-state index < -0.39 is 0 Å². The number of benzene rings is 1. The molecule has 176 valence electrons. The fraction of sp³-hybridized carbons (Fsp3) is 0.385. The number of nitrogens with one attached hydrogen (secondary N) is 1. The number of fused-ring (bicyclic) bond motifs is 1. The zero-order valence-electron chi connectivity index (χ0n) is 19.2. The number of aromatic amines is 1. The van der Waals surface area contributed by atoms with E-state index in [0.29, 0.717) is 40.9 Å². The van der Waals surface area contributed by atoms with Crippen molar-refractivity contribution in [2.75, 3.05) is 31.1 Å². The van der Waals surface area contributed by atoms with Crippen LogP contribution in [-0.2, 0) is 6.54 Å². The fourth-order valence-electron chi connectivity index (χ4n) is 4.84. The molecule has 0 bridgehead atoms. The number of anilines is 1. The predicted molar refractivity (Wildman–Crippen MR) is 137 cm³/mol. The molecule has 2 aliphatic rings. The van der Waals surface area contributed by atoms with Gasteiger partial charge in [0.2, 0.25) is 0 Å². The maximum absolute atomic E-state index is 13.2. The summed E-state index contributed by atoms with van der Waals surface area (Å²) in [5.74, 6) is 0.902. The van der Waals surface area contributed by atoms with Crippen LogP contribution in [0.4, 0.5) is 5.82 Å². The number of rotatable bonds is 5. The van der Waals surface area contributed by atoms with Gasteiger partial charge >= 0.3 is 0 Å². The lowest BCUT2D eigenvalue weighted by Gasteiger charge is -2.35. The third-order valence-electron chi connectivity index (χ3n) is 6.81. The molecular weight excluding hydrogens is 446 g/mol. The first-order chi connectivity index (χ1) is 16.6. The molecule has 0 atom stereocenters. The number of H-pyrrole nitrogens is 1. The molecule has 1 aromatic carbocycles. The number of nitrogens with zero attached hydrogens (tertiary/aromatic N) is 4. The van der Waals surface area contributed by atoms with Gasteiger partial charge in [0.25, 0.3) is 11.5 Å². The first kappa shape index (κ1) is 22.5. The highest BCUT2D eigenvalue weighted by Gasteiger charge is 2.23. The second-order valence-electron chi connectivity index (χ2n) is 8.97. The third kappa shape index (κ3) is 4.68. The summed E-state index contributed by atoms with van der Waals surface area (Å²) in [4.78, 5) is 37.9. The molecule has 5 rings (SSSR count). The molecule has 1 aliphatic heterocycles. The molecule has 0 unspecified atom stereocenters. The van der Waals surface area contributed by atoms with Crippen LogP contribution >= 0.6 is 12.2 Å². The summed E-state index contributed by atoms with van der Waals surface area (Å²) in [5.41, 5.74) is 2.49. The zero-order chi connectivity index (χ0) is 23.5. The number of aromatic nitrogens is 3.